The van der Waals surface area contributed by atoms with Crippen LogP contribution in [-0.2, 0) is 37.5 Å². The van der Waals surface area contributed by atoms with E-state index in [9.17, 15) is 23.8 Å². The van der Waals surface area contributed by atoms with E-state index in [1.54, 1.807) is 0 Å². The van der Waals surface area contributed by atoms with Crippen molar-refractivity contribution >= 4 is 25.7 Å². The predicted octanol–water partition coefficient (Wildman–Crippen LogP) is 9.22. The molecule has 0 aliphatic rings. The zero-order chi connectivity index (χ0) is 37.8. The summed E-state index contributed by atoms with van der Waals surface area (Å²) in [5.74, 6) is -2.43. The summed E-state index contributed by atoms with van der Waals surface area (Å²) < 4.78 is 32.5. The van der Waals surface area contributed by atoms with Gasteiger partial charge < -0.3 is 25.2 Å². The molecule has 0 bridgehead atoms. The van der Waals surface area contributed by atoms with Crippen LogP contribution in [0.15, 0.2) is 60.8 Å². The zero-order valence-corrected chi connectivity index (χ0v) is 32.1. The molecule has 0 amide bonds. The summed E-state index contributed by atoms with van der Waals surface area (Å²) in [6.07, 6.45) is 37.3. The molecule has 4 N–H and O–H groups in total. The van der Waals surface area contributed by atoms with Crippen molar-refractivity contribution in [3.05, 3.63) is 60.8 Å². The summed E-state index contributed by atoms with van der Waals surface area (Å²) in [5.41, 5.74) is 5.31. The summed E-state index contributed by atoms with van der Waals surface area (Å²) >= 11 is 0. The third kappa shape index (κ3) is 34.1. The number of phosphoric acid groups is 1. The van der Waals surface area contributed by atoms with E-state index in [4.69, 9.17) is 24.8 Å². The largest absolute Gasteiger partial charge is 0.480 e. The molecular weight excluding hydrogens is 673 g/mol. The highest BCUT2D eigenvalue weighted by molar-refractivity contribution is 7.47. The van der Waals surface area contributed by atoms with Crippen LogP contribution in [0.4, 0.5) is 0 Å². The fourth-order valence-electron chi connectivity index (χ4n) is 4.53. The van der Waals surface area contributed by atoms with E-state index in [2.05, 4.69) is 79.1 Å². The molecule has 0 rings (SSSR count). The number of ether oxygens (including phenoxy) is 2. The molecule has 0 aliphatic carbocycles. The summed E-state index contributed by atoms with van der Waals surface area (Å²) in [7, 11) is -4.72. The number of carboxylic acid groups (broad SMARTS) is 1. The molecule has 0 heterocycles. The Morgan fingerprint density at radius 1 is 0.627 bits per heavy atom. The average molecular weight is 740 g/mol. The maximum atomic E-state index is 12.6. The van der Waals surface area contributed by atoms with Crippen LogP contribution in [0.1, 0.15) is 136 Å². The fourth-order valence-corrected chi connectivity index (χ4v) is 5.30. The Kier molecular flexibility index (Phi) is 32.4. The number of allylic oxidation sites excluding steroid dienone is 10. The Hall–Kier alpha value is -2.82. The molecule has 3 unspecified atom stereocenters. The molecule has 0 saturated carbocycles. The molecule has 51 heavy (non-hydrogen) atoms. The van der Waals surface area contributed by atoms with E-state index < -0.39 is 51.1 Å². The quantitative estimate of drug-likeness (QED) is 0.0249. The Morgan fingerprint density at radius 3 is 1.67 bits per heavy atom. The van der Waals surface area contributed by atoms with Crippen molar-refractivity contribution in [2.75, 3.05) is 19.8 Å². The first-order chi connectivity index (χ1) is 24.6. The van der Waals surface area contributed by atoms with Crippen LogP contribution in [0.5, 0.6) is 0 Å². The lowest BCUT2D eigenvalue weighted by molar-refractivity contribution is -0.161. The van der Waals surface area contributed by atoms with Gasteiger partial charge in [-0.15, -0.1) is 0 Å². The van der Waals surface area contributed by atoms with Crippen molar-refractivity contribution in [2.24, 2.45) is 5.73 Å². The number of rotatable bonds is 34. The van der Waals surface area contributed by atoms with E-state index in [0.29, 0.717) is 12.8 Å². The first-order valence-electron chi connectivity index (χ1n) is 18.8. The Balaban J connectivity index is 4.50. The first-order valence-corrected chi connectivity index (χ1v) is 20.3. The lowest BCUT2D eigenvalue weighted by Gasteiger charge is -2.20. The number of aliphatic carboxylic acids is 1. The van der Waals surface area contributed by atoms with Crippen molar-refractivity contribution in [1.82, 2.24) is 0 Å². The van der Waals surface area contributed by atoms with Gasteiger partial charge in [-0.2, -0.15) is 0 Å². The van der Waals surface area contributed by atoms with Crippen molar-refractivity contribution in [1.29, 1.82) is 0 Å². The number of carbonyl (C=O) groups is 3. The summed E-state index contributed by atoms with van der Waals surface area (Å²) in [6, 6.07) is -1.53. The maximum Gasteiger partial charge on any atom is 0.472 e. The minimum Gasteiger partial charge on any atom is -0.480 e. The number of hydrogen-bond acceptors (Lipinski definition) is 9. The number of nitrogens with two attached hydrogens (primary N) is 1. The first kappa shape index (κ1) is 48.2. The Morgan fingerprint density at radius 2 is 1.10 bits per heavy atom. The van der Waals surface area contributed by atoms with Crippen molar-refractivity contribution in [2.45, 2.75) is 148 Å². The van der Waals surface area contributed by atoms with Gasteiger partial charge in [-0.3, -0.25) is 23.4 Å². The minimum absolute atomic E-state index is 0.129. The SMILES string of the molecule is CC/C=C\C/C=C\C/C=C\C/C=C\CCCCCCC(=O)OC(COC(=O)CCCCCCC/C=C\CCC)COP(=O)(O)OCC(N)C(=O)O. The van der Waals surface area contributed by atoms with Gasteiger partial charge in [-0.05, 0) is 70.6 Å². The average Bonchev–Trinajstić information content (AvgIpc) is 3.10. The van der Waals surface area contributed by atoms with Crippen LogP contribution in [0, 0.1) is 0 Å². The molecule has 0 aromatic heterocycles. The number of unbranched alkanes of at least 4 members (excludes halogenated alkanes) is 10. The lowest BCUT2D eigenvalue weighted by Crippen LogP contribution is -2.34. The second kappa shape index (κ2) is 34.3. The van der Waals surface area contributed by atoms with Crippen LogP contribution >= 0.6 is 7.82 Å². The van der Waals surface area contributed by atoms with Crippen molar-refractivity contribution < 1.29 is 47.5 Å². The lowest BCUT2D eigenvalue weighted by atomic mass is 10.1. The number of carboxylic acids is 1. The number of hydrogen-bond donors (Lipinski definition) is 3. The Bertz CT molecular complexity index is 1100. The van der Waals surface area contributed by atoms with Crippen molar-refractivity contribution in [3.63, 3.8) is 0 Å². The topological polar surface area (TPSA) is 172 Å². The minimum atomic E-state index is -4.72. The molecule has 0 saturated heterocycles. The van der Waals surface area contributed by atoms with Gasteiger partial charge in [-0.1, -0.05) is 113 Å². The number of esters is 2. The van der Waals surface area contributed by atoms with Gasteiger partial charge in [0.2, 0.25) is 0 Å². The van der Waals surface area contributed by atoms with Gasteiger partial charge in [0.15, 0.2) is 6.10 Å². The van der Waals surface area contributed by atoms with E-state index in [0.717, 1.165) is 96.3 Å². The maximum absolute atomic E-state index is 12.6. The molecule has 292 valence electrons. The van der Waals surface area contributed by atoms with Gasteiger partial charge in [0.1, 0.15) is 12.6 Å². The van der Waals surface area contributed by atoms with Gasteiger partial charge in [-0.25, -0.2) is 4.57 Å². The van der Waals surface area contributed by atoms with Crippen LogP contribution in [0.3, 0.4) is 0 Å². The van der Waals surface area contributed by atoms with E-state index in [1.165, 1.54) is 0 Å². The highest BCUT2D eigenvalue weighted by atomic mass is 31.2. The zero-order valence-electron chi connectivity index (χ0n) is 31.2. The smallest absolute Gasteiger partial charge is 0.472 e. The number of phosphoric ester groups is 1. The highest BCUT2D eigenvalue weighted by Gasteiger charge is 2.28. The van der Waals surface area contributed by atoms with Crippen LogP contribution < -0.4 is 5.73 Å². The third-order valence-corrected chi connectivity index (χ3v) is 8.43. The second-order valence-electron chi connectivity index (χ2n) is 12.3. The molecule has 0 spiro atoms. The van der Waals surface area contributed by atoms with E-state index in [1.807, 2.05) is 0 Å². The molecular formula is C39H66NO10P. The molecule has 12 heteroatoms. The second-order valence-corrected chi connectivity index (χ2v) is 13.8. The van der Waals surface area contributed by atoms with Crippen LogP contribution in [0.25, 0.3) is 0 Å². The molecule has 3 atom stereocenters. The molecule has 0 fully saturated rings. The predicted molar refractivity (Wildman–Crippen MR) is 203 cm³/mol. The summed E-state index contributed by atoms with van der Waals surface area (Å²) in [4.78, 5) is 45.7. The molecule has 0 aromatic carbocycles. The van der Waals surface area contributed by atoms with Crippen LogP contribution in [-0.4, -0.2) is 59.9 Å². The summed E-state index contributed by atoms with van der Waals surface area (Å²) in [6.45, 7) is 2.55. The highest BCUT2D eigenvalue weighted by Crippen LogP contribution is 2.43. The Labute approximate surface area is 307 Å². The standard InChI is InChI=1S/C39H66NO10P/c1-3-5-7-9-11-13-15-16-17-18-19-20-21-23-25-27-29-31-38(42)50-35(33-48-51(45,46)49-34-36(40)39(43)44)32-47-37(41)30-28-26-24-22-14-12-10-8-6-4-2/h5,7-8,10-11,13,16-17,19-20,35-36H,3-4,6,9,12,14-15,18,21-34,40H2,1-2H3,(H,43,44)(H,45,46)/b7-5-,10-8-,13-11-,17-16-,20-19-. The van der Waals surface area contributed by atoms with E-state index >= 15 is 0 Å². The monoisotopic (exact) mass is 739 g/mol. The van der Waals surface area contributed by atoms with Crippen molar-refractivity contribution in [3.8, 4) is 0 Å². The van der Waals surface area contributed by atoms with Gasteiger partial charge >= 0.3 is 25.7 Å². The van der Waals surface area contributed by atoms with Crippen LogP contribution in [0.2, 0.25) is 0 Å². The fraction of sp³-hybridized carbons (Fsp3) is 0.667. The third-order valence-electron chi connectivity index (χ3n) is 7.48. The number of carbonyl (C=O) groups excluding carboxylic acids is 2. The van der Waals surface area contributed by atoms with Gasteiger partial charge in [0.25, 0.3) is 0 Å². The van der Waals surface area contributed by atoms with Gasteiger partial charge in [0.05, 0.1) is 13.2 Å². The molecule has 0 aliphatic heterocycles. The normalized spacial score (nSPS) is 14.6. The van der Waals surface area contributed by atoms with E-state index in [-0.39, 0.29) is 19.4 Å². The summed E-state index contributed by atoms with van der Waals surface area (Å²) in [5, 5.41) is 8.85. The molecule has 0 aromatic rings. The molecule has 11 nitrogen and oxygen atoms in total. The van der Waals surface area contributed by atoms with Gasteiger partial charge in [0, 0.05) is 12.8 Å². The molecule has 0 radical (unpaired) electrons.